The lowest BCUT2D eigenvalue weighted by Gasteiger charge is -2.37. The maximum absolute atomic E-state index is 5.52. The van der Waals surface area contributed by atoms with Gasteiger partial charge in [0.05, 0.1) is 0 Å². The zero-order chi connectivity index (χ0) is 12.9. The highest BCUT2D eigenvalue weighted by molar-refractivity contribution is 7.49. The van der Waals surface area contributed by atoms with Crippen LogP contribution in [0.2, 0.25) is 0 Å². The van der Waals surface area contributed by atoms with Gasteiger partial charge in [-0.2, -0.15) is 0 Å². The van der Waals surface area contributed by atoms with Crippen LogP contribution < -0.4 is 0 Å². The van der Waals surface area contributed by atoms with E-state index in [1.54, 1.807) is 0 Å². The molecule has 3 heteroatoms. The van der Waals surface area contributed by atoms with E-state index < -0.39 is 8.30 Å². The van der Waals surface area contributed by atoms with Crippen molar-refractivity contribution < 1.29 is 4.52 Å². The molecule has 0 amide bonds. The second-order valence-electron chi connectivity index (χ2n) is 6.07. The van der Waals surface area contributed by atoms with Crippen LogP contribution in [0.1, 0.15) is 54.4 Å². The monoisotopic (exact) mass is 247 g/mol. The summed E-state index contributed by atoms with van der Waals surface area (Å²) in [5, 5.41) is 0. The van der Waals surface area contributed by atoms with Crippen LogP contribution in [0.25, 0.3) is 0 Å². The van der Waals surface area contributed by atoms with Gasteiger partial charge in [0.15, 0.2) is 0 Å². The van der Waals surface area contributed by atoms with E-state index in [-0.39, 0.29) is 0 Å². The highest BCUT2D eigenvalue weighted by Gasteiger charge is 2.24. The summed E-state index contributed by atoms with van der Waals surface area (Å²) in [5.74, 6) is 0. The van der Waals surface area contributed by atoms with Crippen molar-refractivity contribution in [2.45, 2.75) is 66.5 Å². The molecule has 16 heavy (non-hydrogen) atoms. The van der Waals surface area contributed by atoms with Gasteiger partial charge in [-0.15, -0.1) is 0 Å². The van der Waals surface area contributed by atoms with Gasteiger partial charge < -0.3 is 4.52 Å². The first-order chi connectivity index (χ1) is 7.19. The van der Waals surface area contributed by atoms with E-state index in [2.05, 4.69) is 52.9 Å². The topological polar surface area (TPSA) is 12.5 Å². The lowest BCUT2D eigenvalue weighted by molar-refractivity contribution is 0.233. The van der Waals surface area contributed by atoms with Gasteiger partial charge in [0.2, 0.25) is 0 Å². The predicted octanol–water partition coefficient (Wildman–Crippen LogP) is 4.50. The van der Waals surface area contributed by atoms with E-state index in [9.17, 15) is 0 Å². The van der Waals surface area contributed by atoms with E-state index in [1.807, 2.05) is 7.11 Å². The molecule has 0 spiro atoms. The average molecular weight is 247 g/mol. The molecule has 0 N–H and O–H groups in total. The standard InChI is InChI=1S/C13H30NOP/c1-11(2)14(16(8)15-7)12(3)9-10-13(4,5)6/h11-12H,9-10H2,1-8H3. The lowest BCUT2D eigenvalue weighted by Crippen LogP contribution is -2.35. The van der Waals surface area contributed by atoms with Gasteiger partial charge in [-0.05, 0) is 45.7 Å². The average Bonchev–Trinajstić information content (AvgIpc) is 2.13. The highest BCUT2D eigenvalue weighted by atomic mass is 31.2. The van der Waals surface area contributed by atoms with Crippen LogP contribution in [-0.2, 0) is 4.52 Å². The van der Waals surface area contributed by atoms with Crippen molar-refractivity contribution in [3.8, 4) is 0 Å². The molecule has 2 unspecified atom stereocenters. The second kappa shape index (κ2) is 6.93. The molecule has 0 fully saturated rings. The number of nitrogens with zero attached hydrogens (tertiary/aromatic N) is 1. The first kappa shape index (κ1) is 16.4. The minimum atomic E-state index is -0.435. The molecule has 2 atom stereocenters. The Morgan fingerprint density at radius 3 is 2.00 bits per heavy atom. The first-order valence-electron chi connectivity index (χ1n) is 6.25. The Labute approximate surface area is 104 Å². The molecule has 0 heterocycles. The summed E-state index contributed by atoms with van der Waals surface area (Å²) in [5.41, 5.74) is 0.431. The third-order valence-corrected chi connectivity index (χ3v) is 4.92. The van der Waals surface area contributed by atoms with Crippen molar-refractivity contribution in [2.24, 2.45) is 5.41 Å². The van der Waals surface area contributed by atoms with Crippen LogP contribution in [0, 0.1) is 5.41 Å². The second-order valence-corrected chi connectivity index (χ2v) is 7.82. The Hall–Kier alpha value is 0.350. The van der Waals surface area contributed by atoms with Crippen molar-refractivity contribution in [1.29, 1.82) is 0 Å². The van der Waals surface area contributed by atoms with Gasteiger partial charge >= 0.3 is 0 Å². The minimum Gasteiger partial charge on any atom is -0.347 e. The summed E-state index contributed by atoms with van der Waals surface area (Å²) in [7, 11) is 1.38. The molecule has 0 saturated carbocycles. The van der Waals surface area contributed by atoms with Gasteiger partial charge in [0.1, 0.15) is 8.30 Å². The smallest absolute Gasteiger partial charge is 0.101 e. The third-order valence-electron chi connectivity index (χ3n) is 2.88. The van der Waals surface area contributed by atoms with Crippen LogP contribution in [0.4, 0.5) is 0 Å². The van der Waals surface area contributed by atoms with E-state index in [0.717, 1.165) is 0 Å². The summed E-state index contributed by atoms with van der Waals surface area (Å²) >= 11 is 0. The Morgan fingerprint density at radius 1 is 1.19 bits per heavy atom. The molecule has 0 bridgehead atoms. The largest absolute Gasteiger partial charge is 0.347 e. The molecule has 0 aliphatic rings. The SMILES string of the molecule is COP(C)N(C(C)C)C(C)CCC(C)(C)C. The van der Waals surface area contributed by atoms with Crippen LogP contribution >= 0.6 is 8.30 Å². The Bertz CT molecular complexity index is 189. The highest BCUT2D eigenvalue weighted by Crippen LogP contribution is 2.41. The molecule has 0 saturated heterocycles. The van der Waals surface area contributed by atoms with Crippen LogP contribution in [0.3, 0.4) is 0 Å². The number of hydrogen-bond donors (Lipinski definition) is 0. The molecule has 0 aliphatic carbocycles. The molecule has 0 aromatic rings. The predicted molar refractivity (Wildman–Crippen MR) is 75.0 cm³/mol. The van der Waals surface area contributed by atoms with E-state index in [1.165, 1.54) is 12.8 Å². The van der Waals surface area contributed by atoms with E-state index in [0.29, 0.717) is 17.5 Å². The van der Waals surface area contributed by atoms with Crippen molar-refractivity contribution in [3.63, 3.8) is 0 Å². The lowest BCUT2D eigenvalue weighted by atomic mass is 9.89. The van der Waals surface area contributed by atoms with Crippen LogP contribution in [-0.4, -0.2) is 30.5 Å². The van der Waals surface area contributed by atoms with Gasteiger partial charge in [-0.3, -0.25) is 4.67 Å². The zero-order valence-electron chi connectivity index (χ0n) is 12.4. The van der Waals surface area contributed by atoms with Gasteiger partial charge in [-0.25, -0.2) is 0 Å². The molecular weight excluding hydrogens is 217 g/mol. The van der Waals surface area contributed by atoms with Crippen molar-refractivity contribution in [1.82, 2.24) is 4.67 Å². The van der Waals surface area contributed by atoms with Crippen LogP contribution in [0.5, 0.6) is 0 Å². The van der Waals surface area contributed by atoms with Gasteiger partial charge in [-0.1, -0.05) is 20.8 Å². The molecule has 0 rings (SSSR count). The molecule has 0 aromatic carbocycles. The molecule has 0 aromatic heterocycles. The first-order valence-corrected chi connectivity index (χ1v) is 7.91. The van der Waals surface area contributed by atoms with E-state index >= 15 is 0 Å². The number of rotatable bonds is 6. The van der Waals surface area contributed by atoms with Crippen molar-refractivity contribution in [2.75, 3.05) is 13.8 Å². The maximum Gasteiger partial charge on any atom is 0.101 e. The van der Waals surface area contributed by atoms with Gasteiger partial charge in [0, 0.05) is 19.2 Å². The van der Waals surface area contributed by atoms with Gasteiger partial charge in [0.25, 0.3) is 0 Å². The van der Waals surface area contributed by atoms with E-state index in [4.69, 9.17) is 4.52 Å². The fraction of sp³-hybridized carbons (Fsp3) is 1.00. The Kier molecular flexibility index (Phi) is 7.09. The minimum absolute atomic E-state index is 0.431. The third kappa shape index (κ3) is 6.18. The number of hydrogen-bond acceptors (Lipinski definition) is 2. The molecule has 98 valence electrons. The molecule has 2 nitrogen and oxygen atoms in total. The Morgan fingerprint density at radius 2 is 1.69 bits per heavy atom. The van der Waals surface area contributed by atoms with Crippen LogP contribution in [0.15, 0.2) is 0 Å². The summed E-state index contributed by atoms with van der Waals surface area (Å²) < 4.78 is 8.03. The fourth-order valence-electron chi connectivity index (χ4n) is 1.98. The fourth-order valence-corrected chi connectivity index (χ4v) is 3.49. The summed E-state index contributed by atoms with van der Waals surface area (Å²) in [4.78, 5) is 0. The maximum atomic E-state index is 5.52. The summed E-state index contributed by atoms with van der Waals surface area (Å²) in [6.45, 7) is 16.0. The quantitative estimate of drug-likeness (QED) is 0.641. The normalized spacial score (nSPS) is 16.9. The Balaban J connectivity index is 4.34. The molecular formula is C13H30NOP. The van der Waals surface area contributed by atoms with Crippen molar-refractivity contribution in [3.05, 3.63) is 0 Å². The molecule has 0 aliphatic heterocycles. The van der Waals surface area contributed by atoms with Crippen molar-refractivity contribution >= 4 is 8.30 Å². The summed E-state index contributed by atoms with van der Waals surface area (Å²) in [6.07, 6.45) is 2.52. The zero-order valence-corrected chi connectivity index (χ0v) is 13.3. The summed E-state index contributed by atoms with van der Waals surface area (Å²) in [6, 6.07) is 1.17. The molecule has 0 radical (unpaired) electrons.